The van der Waals surface area contributed by atoms with Crippen molar-refractivity contribution in [2.75, 3.05) is 0 Å². The van der Waals surface area contributed by atoms with Gasteiger partial charge in [0.1, 0.15) is 5.75 Å². The normalized spacial score (nSPS) is 12.3. The highest BCUT2D eigenvalue weighted by atomic mass is 16.4. The van der Waals surface area contributed by atoms with E-state index < -0.39 is 0 Å². The zero-order chi connectivity index (χ0) is 11.6. The van der Waals surface area contributed by atoms with Crippen LogP contribution in [0.2, 0.25) is 0 Å². The molecule has 1 aromatic carbocycles. The van der Waals surface area contributed by atoms with E-state index >= 15 is 0 Å². The highest BCUT2D eigenvalue weighted by Crippen LogP contribution is 2.33. The Balaban J connectivity index is 3.41. The number of nitrogens with zero attached hydrogens (tertiary/aromatic N) is 1. The lowest BCUT2D eigenvalue weighted by atomic mass is 9.84. The van der Waals surface area contributed by atoms with Gasteiger partial charge in [0.25, 0.3) is 0 Å². The molecule has 0 aliphatic heterocycles. The summed E-state index contributed by atoms with van der Waals surface area (Å²) in [6, 6.07) is 3.73. The molecule has 0 aliphatic rings. The Labute approximate surface area is 90.1 Å². The number of oxime groups is 1. The molecule has 0 saturated heterocycles. The van der Waals surface area contributed by atoms with Crippen LogP contribution in [0.25, 0.3) is 0 Å². The van der Waals surface area contributed by atoms with Crippen LogP contribution in [0, 0.1) is 6.92 Å². The van der Waals surface area contributed by atoms with Gasteiger partial charge in [-0.3, -0.25) is 0 Å². The molecule has 3 nitrogen and oxygen atoms in total. The summed E-state index contributed by atoms with van der Waals surface area (Å²) in [6.45, 7) is 8.04. The van der Waals surface area contributed by atoms with Crippen LogP contribution in [-0.4, -0.2) is 16.5 Å². The number of hydrogen-bond acceptors (Lipinski definition) is 3. The molecule has 0 spiro atoms. The first-order chi connectivity index (χ1) is 6.86. The van der Waals surface area contributed by atoms with Crippen LogP contribution in [0.1, 0.15) is 37.5 Å². The molecule has 0 fully saturated rings. The van der Waals surface area contributed by atoms with Crippen molar-refractivity contribution in [3.63, 3.8) is 0 Å². The molecule has 0 amide bonds. The van der Waals surface area contributed by atoms with E-state index in [4.69, 9.17) is 5.21 Å². The summed E-state index contributed by atoms with van der Waals surface area (Å²) in [5.41, 5.74) is 2.31. The van der Waals surface area contributed by atoms with E-state index in [1.54, 1.807) is 6.07 Å². The van der Waals surface area contributed by atoms with Crippen LogP contribution in [0.15, 0.2) is 17.3 Å². The predicted molar refractivity (Wildman–Crippen MR) is 60.9 cm³/mol. The van der Waals surface area contributed by atoms with Gasteiger partial charge in [-0.05, 0) is 24.0 Å². The molecule has 0 radical (unpaired) electrons. The lowest BCUT2D eigenvalue weighted by Crippen LogP contribution is -2.12. The molecule has 3 heteroatoms. The molecule has 82 valence electrons. The number of benzene rings is 1. The Kier molecular flexibility index (Phi) is 3.03. The van der Waals surface area contributed by atoms with Crippen LogP contribution in [0.5, 0.6) is 5.75 Å². The standard InChI is InChI=1S/C12H17NO2/c1-8-5-9(7-13-15)11(14)10(6-8)12(2,3)4/h5-7,14-15H,1-4H3/b13-7+. The van der Waals surface area contributed by atoms with Gasteiger partial charge in [-0.15, -0.1) is 0 Å². The highest BCUT2D eigenvalue weighted by Gasteiger charge is 2.20. The first-order valence-electron chi connectivity index (χ1n) is 4.88. The molecule has 0 atom stereocenters. The number of aromatic hydroxyl groups is 1. The van der Waals surface area contributed by atoms with Crippen molar-refractivity contribution in [1.29, 1.82) is 0 Å². The Hall–Kier alpha value is -1.51. The van der Waals surface area contributed by atoms with Crippen LogP contribution in [0.3, 0.4) is 0 Å². The highest BCUT2D eigenvalue weighted by molar-refractivity contribution is 5.84. The zero-order valence-electron chi connectivity index (χ0n) is 9.57. The molecule has 2 N–H and O–H groups in total. The molecule has 0 bridgehead atoms. The maximum absolute atomic E-state index is 9.98. The van der Waals surface area contributed by atoms with Crippen LogP contribution in [0.4, 0.5) is 0 Å². The monoisotopic (exact) mass is 207 g/mol. The van der Waals surface area contributed by atoms with Gasteiger partial charge in [0.15, 0.2) is 0 Å². The number of phenolic OH excluding ortho intramolecular Hbond substituents is 1. The fourth-order valence-electron chi connectivity index (χ4n) is 1.54. The fourth-order valence-corrected chi connectivity index (χ4v) is 1.54. The first kappa shape index (κ1) is 11.6. The third-order valence-corrected chi connectivity index (χ3v) is 2.29. The summed E-state index contributed by atoms with van der Waals surface area (Å²) in [5, 5.41) is 21.4. The summed E-state index contributed by atoms with van der Waals surface area (Å²) < 4.78 is 0. The molecule has 1 aromatic rings. The first-order valence-corrected chi connectivity index (χ1v) is 4.88. The summed E-state index contributed by atoms with van der Waals surface area (Å²) in [5.74, 6) is 0.186. The minimum Gasteiger partial charge on any atom is -0.507 e. The largest absolute Gasteiger partial charge is 0.507 e. The Morgan fingerprint density at radius 1 is 1.27 bits per heavy atom. The zero-order valence-corrected chi connectivity index (χ0v) is 9.57. The third-order valence-electron chi connectivity index (χ3n) is 2.29. The predicted octanol–water partition coefficient (Wildman–Crippen LogP) is 2.81. The Morgan fingerprint density at radius 2 is 1.87 bits per heavy atom. The average Bonchev–Trinajstić information content (AvgIpc) is 2.09. The maximum atomic E-state index is 9.98. The second-order valence-electron chi connectivity index (χ2n) is 4.74. The second kappa shape index (κ2) is 3.93. The maximum Gasteiger partial charge on any atom is 0.128 e. The van der Waals surface area contributed by atoms with Crippen LogP contribution in [-0.2, 0) is 5.41 Å². The molecular weight excluding hydrogens is 190 g/mol. The minimum atomic E-state index is -0.131. The van der Waals surface area contributed by atoms with E-state index in [0.717, 1.165) is 11.1 Å². The quantitative estimate of drug-likeness (QED) is 0.422. The van der Waals surface area contributed by atoms with E-state index in [0.29, 0.717) is 5.56 Å². The van der Waals surface area contributed by atoms with Crippen molar-refractivity contribution in [1.82, 2.24) is 0 Å². The van der Waals surface area contributed by atoms with E-state index in [1.807, 2.05) is 33.8 Å². The summed E-state index contributed by atoms with van der Waals surface area (Å²) >= 11 is 0. The Morgan fingerprint density at radius 3 is 2.33 bits per heavy atom. The average molecular weight is 207 g/mol. The molecule has 0 heterocycles. The van der Waals surface area contributed by atoms with Gasteiger partial charge in [0.2, 0.25) is 0 Å². The van der Waals surface area contributed by atoms with E-state index in [1.165, 1.54) is 6.21 Å². The van der Waals surface area contributed by atoms with Crippen LogP contribution < -0.4 is 0 Å². The smallest absolute Gasteiger partial charge is 0.128 e. The summed E-state index contributed by atoms with van der Waals surface area (Å²) in [4.78, 5) is 0. The Bertz CT molecular complexity index is 389. The topological polar surface area (TPSA) is 52.8 Å². The molecule has 15 heavy (non-hydrogen) atoms. The SMILES string of the molecule is Cc1cc(/C=N/O)c(O)c(C(C)(C)C)c1. The van der Waals surface area contributed by atoms with Crippen molar-refractivity contribution in [2.24, 2.45) is 5.16 Å². The number of hydrogen-bond donors (Lipinski definition) is 2. The van der Waals surface area contributed by atoms with Gasteiger partial charge >= 0.3 is 0 Å². The minimum absolute atomic E-state index is 0.131. The molecule has 0 unspecified atom stereocenters. The van der Waals surface area contributed by atoms with Crippen molar-refractivity contribution in [3.8, 4) is 5.75 Å². The molecular formula is C12H17NO2. The fraction of sp³-hybridized carbons (Fsp3) is 0.417. The summed E-state index contributed by atoms with van der Waals surface area (Å²) in [7, 11) is 0. The van der Waals surface area contributed by atoms with E-state index in [2.05, 4.69) is 5.16 Å². The van der Waals surface area contributed by atoms with E-state index in [9.17, 15) is 5.11 Å². The van der Waals surface area contributed by atoms with Gasteiger partial charge in [0.05, 0.1) is 6.21 Å². The number of rotatable bonds is 1. The summed E-state index contributed by atoms with van der Waals surface area (Å²) in [6.07, 6.45) is 1.25. The van der Waals surface area contributed by atoms with Gasteiger partial charge in [0, 0.05) is 11.1 Å². The van der Waals surface area contributed by atoms with Crippen molar-refractivity contribution < 1.29 is 10.3 Å². The van der Waals surface area contributed by atoms with Gasteiger partial charge in [-0.1, -0.05) is 32.0 Å². The van der Waals surface area contributed by atoms with Crippen LogP contribution >= 0.6 is 0 Å². The number of phenols is 1. The molecule has 0 aliphatic carbocycles. The van der Waals surface area contributed by atoms with E-state index in [-0.39, 0.29) is 11.2 Å². The van der Waals surface area contributed by atoms with Crippen molar-refractivity contribution >= 4 is 6.21 Å². The van der Waals surface area contributed by atoms with Gasteiger partial charge < -0.3 is 10.3 Å². The second-order valence-corrected chi connectivity index (χ2v) is 4.74. The molecule has 1 rings (SSSR count). The molecule has 0 saturated carbocycles. The third kappa shape index (κ3) is 2.49. The lowest BCUT2D eigenvalue weighted by Gasteiger charge is -2.22. The lowest BCUT2D eigenvalue weighted by molar-refractivity contribution is 0.321. The van der Waals surface area contributed by atoms with Crippen molar-refractivity contribution in [2.45, 2.75) is 33.1 Å². The van der Waals surface area contributed by atoms with Crippen molar-refractivity contribution in [3.05, 3.63) is 28.8 Å². The van der Waals surface area contributed by atoms with Gasteiger partial charge in [-0.25, -0.2) is 0 Å². The number of aryl methyl sites for hydroxylation is 1. The molecule has 0 aromatic heterocycles. The van der Waals surface area contributed by atoms with Gasteiger partial charge in [-0.2, -0.15) is 0 Å².